The molecule has 18 heavy (non-hydrogen) atoms. The van der Waals surface area contributed by atoms with Gasteiger partial charge in [0, 0.05) is 25.8 Å². The molecule has 0 fully saturated rings. The average Bonchev–Trinajstić information content (AvgIpc) is 2.82. The molecule has 0 spiro atoms. The number of carbonyl (C=O) groups is 1. The highest BCUT2D eigenvalue weighted by Gasteiger charge is 2.12. The van der Waals surface area contributed by atoms with Crippen molar-refractivity contribution in [3.8, 4) is 5.75 Å². The van der Waals surface area contributed by atoms with E-state index in [4.69, 9.17) is 9.47 Å². The zero-order valence-corrected chi connectivity index (χ0v) is 10.5. The minimum absolute atomic E-state index is 0.0510. The third-order valence-corrected chi connectivity index (χ3v) is 2.74. The fraction of sp³-hybridized carbons (Fsp3) is 0.462. The van der Waals surface area contributed by atoms with Gasteiger partial charge in [-0.3, -0.25) is 4.79 Å². The topological polar surface area (TPSA) is 59.6 Å². The number of fused-ring (bicyclic) bond motifs is 1. The molecule has 1 aromatic rings. The molecule has 2 rings (SSSR count). The van der Waals surface area contributed by atoms with Gasteiger partial charge in [-0.1, -0.05) is 0 Å². The van der Waals surface area contributed by atoms with E-state index in [0.717, 1.165) is 30.0 Å². The van der Waals surface area contributed by atoms with Crippen LogP contribution in [0.1, 0.15) is 5.56 Å². The van der Waals surface area contributed by atoms with E-state index in [1.54, 1.807) is 7.11 Å². The van der Waals surface area contributed by atoms with Crippen molar-refractivity contribution in [2.45, 2.75) is 6.42 Å². The van der Waals surface area contributed by atoms with Crippen LogP contribution in [0.5, 0.6) is 5.75 Å². The number of amides is 1. The van der Waals surface area contributed by atoms with Crippen molar-refractivity contribution in [1.82, 2.24) is 5.32 Å². The molecular formula is C13H18N2O3. The lowest BCUT2D eigenvalue weighted by molar-refractivity contribution is -0.115. The summed E-state index contributed by atoms with van der Waals surface area (Å²) in [5, 5.41) is 5.85. The third-order valence-electron chi connectivity index (χ3n) is 2.74. The number of nitrogens with one attached hydrogen (secondary N) is 2. The first-order valence-corrected chi connectivity index (χ1v) is 6.05. The molecule has 2 N–H and O–H groups in total. The van der Waals surface area contributed by atoms with Crippen molar-refractivity contribution in [3.63, 3.8) is 0 Å². The Kier molecular flexibility index (Phi) is 4.55. The number of hydrogen-bond acceptors (Lipinski definition) is 4. The fourth-order valence-electron chi connectivity index (χ4n) is 1.85. The number of benzene rings is 1. The van der Waals surface area contributed by atoms with Crippen LogP contribution in [-0.2, 0) is 16.0 Å². The zero-order chi connectivity index (χ0) is 12.8. The Morgan fingerprint density at radius 3 is 3.22 bits per heavy atom. The standard InChI is InChI=1S/C13H18N2O3/c1-17-7-5-14-9-13(16)15-11-2-3-12-10(8-11)4-6-18-12/h2-3,8,14H,4-7,9H2,1H3,(H,15,16). The molecule has 1 aliphatic rings. The van der Waals surface area contributed by atoms with Gasteiger partial charge in [0.15, 0.2) is 0 Å². The molecule has 0 bridgehead atoms. The lowest BCUT2D eigenvalue weighted by Crippen LogP contribution is -2.30. The lowest BCUT2D eigenvalue weighted by atomic mass is 10.1. The predicted octanol–water partition coefficient (Wildman–Crippen LogP) is 0.796. The van der Waals surface area contributed by atoms with Crippen LogP contribution in [-0.4, -0.2) is 39.3 Å². The van der Waals surface area contributed by atoms with Crippen LogP contribution >= 0.6 is 0 Å². The van der Waals surface area contributed by atoms with Crippen LogP contribution in [0.25, 0.3) is 0 Å². The second-order valence-corrected chi connectivity index (χ2v) is 4.14. The average molecular weight is 250 g/mol. The minimum atomic E-state index is -0.0510. The summed E-state index contributed by atoms with van der Waals surface area (Å²) in [5.74, 6) is 0.871. The normalized spacial score (nSPS) is 12.9. The Labute approximate surface area is 106 Å². The van der Waals surface area contributed by atoms with Crippen LogP contribution in [0.2, 0.25) is 0 Å². The van der Waals surface area contributed by atoms with Gasteiger partial charge < -0.3 is 20.1 Å². The molecule has 1 amide bonds. The highest BCUT2D eigenvalue weighted by Crippen LogP contribution is 2.27. The van der Waals surface area contributed by atoms with E-state index in [0.29, 0.717) is 13.2 Å². The molecule has 0 saturated carbocycles. The van der Waals surface area contributed by atoms with Crippen molar-refractivity contribution in [3.05, 3.63) is 23.8 Å². The molecule has 98 valence electrons. The van der Waals surface area contributed by atoms with Crippen LogP contribution in [0.4, 0.5) is 5.69 Å². The second kappa shape index (κ2) is 6.37. The predicted molar refractivity (Wildman–Crippen MR) is 69.0 cm³/mol. The largest absolute Gasteiger partial charge is 0.493 e. The first kappa shape index (κ1) is 12.9. The highest BCUT2D eigenvalue weighted by atomic mass is 16.5. The van der Waals surface area contributed by atoms with E-state index >= 15 is 0 Å². The van der Waals surface area contributed by atoms with Crippen LogP contribution in [0.3, 0.4) is 0 Å². The van der Waals surface area contributed by atoms with E-state index in [2.05, 4.69) is 10.6 Å². The molecule has 0 atom stereocenters. The molecule has 5 heteroatoms. The fourth-order valence-corrected chi connectivity index (χ4v) is 1.85. The smallest absolute Gasteiger partial charge is 0.238 e. The number of rotatable bonds is 6. The van der Waals surface area contributed by atoms with Crippen molar-refractivity contribution in [1.29, 1.82) is 0 Å². The van der Waals surface area contributed by atoms with Gasteiger partial charge in [0.2, 0.25) is 5.91 Å². The second-order valence-electron chi connectivity index (χ2n) is 4.14. The first-order valence-electron chi connectivity index (χ1n) is 6.05. The molecule has 1 heterocycles. The number of methoxy groups -OCH3 is 1. The molecule has 0 unspecified atom stereocenters. The van der Waals surface area contributed by atoms with E-state index in [1.807, 2.05) is 18.2 Å². The van der Waals surface area contributed by atoms with E-state index < -0.39 is 0 Å². The Bertz CT molecular complexity index is 421. The first-order chi connectivity index (χ1) is 8.79. The van der Waals surface area contributed by atoms with Gasteiger partial charge in [0.25, 0.3) is 0 Å². The van der Waals surface area contributed by atoms with Gasteiger partial charge in [-0.15, -0.1) is 0 Å². The van der Waals surface area contributed by atoms with Crippen molar-refractivity contribution >= 4 is 11.6 Å². The number of anilines is 1. The molecule has 0 radical (unpaired) electrons. The molecule has 5 nitrogen and oxygen atoms in total. The summed E-state index contributed by atoms with van der Waals surface area (Å²) in [5.41, 5.74) is 1.97. The molecule has 0 aliphatic carbocycles. The summed E-state index contributed by atoms with van der Waals surface area (Å²) >= 11 is 0. The maximum atomic E-state index is 11.6. The molecule has 1 aromatic carbocycles. The van der Waals surface area contributed by atoms with Crippen molar-refractivity contribution < 1.29 is 14.3 Å². The number of carbonyl (C=O) groups excluding carboxylic acids is 1. The quantitative estimate of drug-likeness (QED) is 0.733. The third kappa shape index (κ3) is 3.45. The summed E-state index contributed by atoms with van der Waals surface area (Å²) < 4.78 is 10.3. The molecular weight excluding hydrogens is 232 g/mol. The summed E-state index contributed by atoms with van der Waals surface area (Å²) in [6.45, 7) is 2.29. The van der Waals surface area contributed by atoms with Gasteiger partial charge in [0.1, 0.15) is 5.75 Å². The van der Waals surface area contributed by atoms with E-state index in [-0.39, 0.29) is 12.5 Å². The molecule has 0 saturated heterocycles. The van der Waals surface area contributed by atoms with Crippen LogP contribution in [0, 0.1) is 0 Å². The maximum absolute atomic E-state index is 11.6. The molecule has 0 aromatic heterocycles. The number of ether oxygens (including phenoxy) is 2. The Hall–Kier alpha value is -1.59. The van der Waals surface area contributed by atoms with Gasteiger partial charge in [-0.05, 0) is 23.8 Å². The maximum Gasteiger partial charge on any atom is 0.238 e. The van der Waals surface area contributed by atoms with Gasteiger partial charge in [-0.25, -0.2) is 0 Å². The van der Waals surface area contributed by atoms with Crippen LogP contribution in [0.15, 0.2) is 18.2 Å². The number of hydrogen-bond donors (Lipinski definition) is 2. The summed E-state index contributed by atoms with van der Waals surface area (Å²) in [7, 11) is 1.63. The van der Waals surface area contributed by atoms with E-state index in [1.165, 1.54) is 0 Å². The minimum Gasteiger partial charge on any atom is -0.493 e. The Morgan fingerprint density at radius 2 is 2.39 bits per heavy atom. The van der Waals surface area contributed by atoms with Crippen LogP contribution < -0.4 is 15.4 Å². The van der Waals surface area contributed by atoms with Gasteiger partial charge >= 0.3 is 0 Å². The lowest BCUT2D eigenvalue weighted by Gasteiger charge is -2.07. The molecule has 1 aliphatic heterocycles. The van der Waals surface area contributed by atoms with Gasteiger partial charge in [-0.2, -0.15) is 0 Å². The Morgan fingerprint density at radius 1 is 1.50 bits per heavy atom. The highest BCUT2D eigenvalue weighted by molar-refractivity contribution is 5.92. The monoisotopic (exact) mass is 250 g/mol. The van der Waals surface area contributed by atoms with E-state index in [9.17, 15) is 4.79 Å². The summed E-state index contributed by atoms with van der Waals surface area (Å²) in [6, 6.07) is 5.73. The Balaban J connectivity index is 1.80. The summed E-state index contributed by atoms with van der Waals surface area (Å²) in [6.07, 6.45) is 0.908. The SMILES string of the molecule is COCCNCC(=O)Nc1ccc2c(c1)CCO2. The van der Waals surface area contributed by atoms with Crippen molar-refractivity contribution in [2.24, 2.45) is 0 Å². The summed E-state index contributed by atoms with van der Waals surface area (Å²) in [4.78, 5) is 11.6. The zero-order valence-electron chi connectivity index (χ0n) is 10.5. The van der Waals surface area contributed by atoms with Gasteiger partial charge in [0.05, 0.1) is 19.8 Å². The van der Waals surface area contributed by atoms with Crippen molar-refractivity contribution in [2.75, 3.05) is 38.7 Å².